The fourth-order valence-corrected chi connectivity index (χ4v) is 4.69. The monoisotopic (exact) mass is 399 g/mol. The van der Waals surface area contributed by atoms with Gasteiger partial charge in [-0.3, -0.25) is 14.5 Å². The molecule has 2 N–H and O–H groups in total. The number of carbonyl (C=O) groups excluding carboxylic acids is 2. The number of likely N-dealkylation sites (N-methyl/N-ethyl adjacent to an activating group) is 1. The minimum Gasteiger partial charge on any atom is -0.339 e. The molecule has 2 amide bonds. The number of nitrogens with one attached hydrogen (secondary N) is 2. The van der Waals surface area contributed by atoms with Crippen molar-refractivity contribution in [3.63, 3.8) is 0 Å². The largest absolute Gasteiger partial charge is 0.339 e. The van der Waals surface area contributed by atoms with E-state index in [-0.39, 0.29) is 24.3 Å². The van der Waals surface area contributed by atoms with Gasteiger partial charge in [-0.2, -0.15) is 5.26 Å². The number of piperidine rings is 1. The van der Waals surface area contributed by atoms with Crippen LogP contribution in [-0.4, -0.2) is 61.5 Å². The molecular formula is C21H26FN5O2. The first-order chi connectivity index (χ1) is 13.9. The number of piperazine rings is 1. The molecule has 2 heterocycles. The van der Waals surface area contributed by atoms with Crippen LogP contribution in [-0.2, 0) is 16.0 Å². The summed E-state index contributed by atoms with van der Waals surface area (Å²) >= 11 is 0. The fourth-order valence-electron chi connectivity index (χ4n) is 4.69. The van der Waals surface area contributed by atoms with Gasteiger partial charge in [0.05, 0.1) is 18.7 Å². The average Bonchev–Trinajstić information content (AvgIpc) is 3.32. The number of halogens is 1. The Hall–Kier alpha value is -2.50. The van der Waals surface area contributed by atoms with E-state index in [1.165, 1.54) is 6.07 Å². The second-order valence-electron chi connectivity index (χ2n) is 8.37. The number of amides is 2. The molecule has 0 unspecified atom stereocenters. The van der Waals surface area contributed by atoms with Gasteiger partial charge in [0.2, 0.25) is 11.8 Å². The zero-order valence-corrected chi connectivity index (χ0v) is 16.5. The lowest BCUT2D eigenvalue weighted by Crippen LogP contribution is -2.50. The molecule has 4 rings (SSSR count). The maximum atomic E-state index is 14.7. The molecule has 1 saturated carbocycles. The van der Waals surface area contributed by atoms with Crippen LogP contribution in [0.2, 0.25) is 0 Å². The van der Waals surface area contributed by atoms with Crippen molar-refractivity contribution in [2.75, 3.05) is 31.6 Å². The molecule has 3 aliphatic rings. The number of hydrogen-bond donors (Lipinski definition) is 2. The molecule has 2 saturated heterocycles. The molecule has 3 fully saturated rings. The second kappa shape index (κ2) is 8.09. The lowest BCUT2D eigenvalue weighted by Gasteiger charge is -2.32. The first-order valence-electron chi connectivity index (χ1n) is 10.2. The molecule has 1 aliphatic carbocycles. The number of benzene rings is 1. The van der Waals surface area contributed by atoms with Crippen molar-refractivity contribution in [3.05, 3.63) is 29.6 Å². The van der Waals surface area contributed by atoms with Gasteiger partial charge >= 0.3 is 0 Å². The number of fused-ring (bicyclic) bond motifs is 2. The SMILES string of the molecule is CN1CCN(c2ccc(C[C@@H](C#N)NC(=O)[C@H]3N[C@@H]4CC[C@H]3C4)c(F)c2)C(=O)C1. The summed E-state index contributed by atoms with van der Waals surface area (Å²) in [6, 6.07) is 6.07. The second-order valence-corrected chi connectivity index (χ2v) is 8.37. The maximum Gasteiger partial charge on any atom is 0.241 e. The smallest absolute Gasteiger partial charge is 0.241 e. The topological polar surface area (TPSA) is 88.5 Å². The Morgan fingerprint density at radius 3 is 2.86 bits per heavy atom. The molecule has 29 heavy (non-hydrogen) atoms. The zero-order valence-electron chi connectivity index (χ0n) is 16.5. The van der Waals surface area contributed by atoms with Crippen LogP contribution in [0.25, 0.3) is 0 Å². The van der Waals surface area contributed by atoms with Gasteiger partial charge in [0.15, 0.2) is 0 Å². The predicted molar refractivity (Wildman–Crippen MR) is 106 cm³/mol. The number of nitriles is 1. The zero-order chi connectivity index (χ0) is 20.5. The summed E-state index contributed by atoms with van der Waals surface area (Å²) in [5, 5.41) is 15.5. The molecule has 0 radical (unpaired) electrons. The summed E-state index contributed by atoms with van der Waals surface area (Å²) in [4.78, 5) is 28.2. The van der Waals surface area contributed by atoms with Gasteiger partial charge in [0, 0.05) is 31.2 Å². The number of hydrogen-bond acceptors (Lipinski definition) is 5. The summed E-state index contributed by atoms with van der Waals surface area (Å²) in [5.41, 5.74) is 0.871. The average molecular weight is 399 g/mol. The highest BCUT2D eigenvalue weighted by Crippen LogP contribution is 2.35. The predicted octanol–water partition coefficient (Wildman–Crippen LogP) is 0.795. The van der Waals surface area contributed by atoms with Gasteiger partial charge in [-0.25, -0.2) is 4.39 Å². The highest BCUT2D eigenvalue weighted by Gasteiger charge is 2.43. The van der Waals surface area contributed by atoms with Gasteiger partial charge < -0.3 is 15.5 Å². The summed E-state index contributed by atoms with van der Waals surface area (Å²) in [6.45, 7) is 1.55. The molecule has 154 valence electrons. The molecule has 0 aromatic heterocycles. The summed E-state index contributed by atoms with van der Waals surface area (Å²) in [6.07, 6.45) is 3.24. The molecule has 8 heteroatoms. The van der Waals surface area contributed by atoms with Crippen molar-refractivity contribution >= 4 is 17.5 Å². The molecule has 0 spiro atoms. The van der Waals surface area contributed by atoms with E-state index in [9.17, 15) is 19.2 Å². The third-order valence-corrected chi connectivity index (χ3v) is 6.30. The normalized spacial score (nSPS) is 27.7. The fraction of sp³-hybridized carbons (Fsp3) is 0.571. The Morgan fingerprint density at radius 1 is 1.41 bits per heavy atom. The van der Waals surface area contributed by atoms with Gasteiger partial charge in [-0.05, 0) is 49.9 Å². The van der Waals surface area contributed by atoms with Gasteiger partial charge in [-0.1, -0.05) is 6.07 Å². The number of anilines is 1. The van der Waals surface area contributed by atoms with Crippen LogP contribution in [0.1, 0.15) is 24.8 Å². The number of rotatable bonds is 5. The molecule has 2 bridgehead atoms. The van der Waals surface area contributed by atoms with E-state index in [0.717, 1.165) is 25.8 Å². The van der Waals surface area contributed by atoms with Crippen LogP contribution in [0.4, 0.5) is 10.1 Å². The Kier molecular flexibility index (Phi) is 5.52. The molecule has 4 atom stereocenters. The Balaban J connectivity index is 1.39. The lowest BCUT2D eigenvalue weighted by molar-refractivity contribution is -0.124. The van der Waals surface area contributed by atoms with Crippen molar-refractivity contribution < 1.29 is 14.0 Å². The Morgan fingerprint density at radius 2 is 2.24 bits per heavy atom. The third kappa shape index (κ3) is 4.11. The Labute approximate surface area is 169 Å². The van der Waals surface area contributed by atoms with E-state index in [2.05, 4.69) is 16.7 Å². The summed E-state index contributed by atoms with van der Waals surface area (Å²) < 4.78 is 14.7. The highest BCUT2D eigenvalue weighted by molar-refractivity contribution is 5.95. The molecule has 1 aromatic rings. The van der Waals surface area contributed by atoms with Gasteiger partial charge in [0.1, 0.15) is 11.9 Å². The van der Waals surface area contributed by atoms with Crippen molar-refractivity contribution in [1.82, 2.24) is 15.5 Å². The minimum absolute atomic E-state index is 0.0635. The Bertz CT molecular complexity index is 854. The molecular weight excluding hydrogens is 373 g/mol. The van der Waals surface area contributed by atoms with Gasteiger partial charge in [-0.15, -0.1) is 0 Å². The van der Waals surface area contributed by atoms with Crippen LogP contribution in [0.15, 0.2) is 18.2 Å². The van der Waals surface area contributed by atoms with Crippen LogP contribution in [0.5, 0.6) is 0 Å². The van der Waals surface area contributed by atoms with E-state index in [0.29, 0.717) is 36.3 Å². The van der Waals surface area contributed by atoms with E-state index >= 15 is 0 Å². The van der Waals surface area contributed by atoms with Crippen molar-refractivity contribution in [3.8, 4) is 6.07 Å². The van der Waals surface area contributed by atoms with Crippen molar-refractivity contribution in [2.24, 2.45) is 5.92 Å². The van der Waals surface area contributed by atoms with E-state index in [1.54, 1.807) is 17.0 Å². The first-order valence-corrected chi connectivity index (χ1v) is 10.2. The summed E-state index contributed by atoms with van der Waals surface area (Å²) in [7, 11) is 1.88. The minimum atomic E-state index is -0.797. The number of nitrogens with zero attached hydrogens (tertiary/aromatic N) is 3. The molecule has 7 nitrogen and oxygen atoms in total. The van der Waals surface area contributed by atoms with E-state index in [1.807, 2.05) is 11.9 Å². The van der Waals surface area contributed by atoms with Crippen LogP contribution < -0.4 is 15.5 Å². The third-order valence-electron chi connectivity index (χ3n) is 6.30. The van der Waals surface area contributed by atoms with Crippen molar-refractivity contribution in [2.45, 2.75) is 43.8 Å². The highest BCUT2D eigenvalue weighted by atomic mass is 19.1. The first kappa shape index (κ1) is 19.8. The van der Waals surface area contributed by atoms with Gasteiger partial charge in [0.25, 0.3) is 0 Å². The van der Waals surface area contributed by atoms with Crippen LogP contribution in [0.3, 0.4) is 0 Å². The maximum absolute atomic E-state index is 14.7. The van der Waals surface area contributed by atoms with E-state index in [4.69, 9.17) is 0 Å². The van der Waals surface area contributed by atoms with Crippen LogP contribution in [0, 0.1) is 23.1 Å². The molecule has 2 aliphatic heterocycles. The standard InChI is InChI=1S/C21H26FN5O2/c1-26-6-7-27(19(28)12-26)17-5-3-13(18(22)10-17)8-16(11-23)25-21(29)20-14-2-4-15(9-14)24-20/h3,5,10,14-16,20,24H,2,4,6-9,12H2,1H3,(H,25,29)/t14-,15+,16-,20-/m0/s1. The van der Waals surface area contributed by atoms with Crippen molar-refractivity contribution in [1.29, 1.82) is 5.26 Å². The summed E-state index contributed by atoms with van der Waals surface area (Å²) in [5.74, 6) is -0.381. The van der Waals surface area contributed by atoms with E-state index < -0.39 is 11.9 Å². The molecule has 1 aromatic carbocycles. The quantitative estimate of drug-likeness (QED) is 0.765. The lowest BCUT2D eigenvalue weighted by atomic mass is 9.98. The number of carbonyl (C=O) groups is 2. The van der Waals surface area contributed by atoms with Crippen LogP contribution >= 0.6 is 0 Å².